The number of aliphatic carboxylic acids is 1. The van der Waals surface area contributed by atoms with E-state index in [-0.39, 0.29) is 24.2 Å². The Labute approximate surface area is 150 Å². The lowest BCUT2D eigenvalue weighted by Crippen LogP contribution is -2.50. The van der Waals surface area contributed by atoms with Gasteiger partial charge in [0.05, 0.1) is 17.9 Å². The van der Waals surface area contributed by atoms with E-state index in [0.717, 1.165) is 6.42 Å². The number of hydrogen-bond donors (Lipinski definition) is 2. The van der Waals surface area contributed by atoms with E-state index in [1.54, 1.807) is 34.6 Å². The Morgan fingerprint density at radius 2 is 1.64 bits per heavy atom. The van der Waals surface area contributed by atoms with E-state index in [2.05, 4.69) is 5.32 Å². The Morgan fingerprint density at radius 3 is 2.04 bits per heavy atom. The zero-order valence-electron chi connectivity index (χ0n) is 16.4. The Hall–Kier alpha value is -1.79. The molecule has 0 aromatic carbocycles. The molecule has 0 aromatic heterocycles. The van der Waals surface area contributed by atoms with Gasteiger partial charge in [0.25, 0.3) is 6.29 Å². The minimum absolute atomic E-state index is 0.218. The van der Waals surface area contributed by atoms with Gasteiger partial charge in [0.1, 0.15) is 0 Å². The van der Waals surface area contributed by atoms with Gasteiger partial charge in [0, 0.05) is 5.92 Å². The van der Waals surface area contributed by atoms with Crippen LogP contribution in [0.15, 0.2) is 0 Å². The van der Waals surface area contributed by atoms with Crippen LogP contribution in [0.1, 0.15) is 67.7 Å². The molecule has 0 fully saturated rings. The molecule has 0 heterocycles. The van der Waals surface area contributed by atoms with Gasteiger partial charge in [-0.3, -0.25) is 9.59 Å². The van der Waals surface area contributed by atoms with E-state index in [1.165, 1.54) is 0 Å². The van der Waals surface area contributed by atoms with Gasteiger partial charge >= 0.3 is 18.0 Å². The van der Waals surface area contributed by atoms with Gasteiger partial charge in [-0.25, -0.2) is 4.79 Å². The molecular weight excluding hydrogens is 326 g/mol. The molecule has 0 aliphatic heterocycles. The third-order valence-electron chi connectivity index (χ3n) is 3.91. The van der Waals surface area contributed by atoms with Gasteiger partial charge in [-0.15, -0.1) is 0 Å². The number of hydrogen-bond acceptors (Lipinski definition) is 5. The summed E-state index contributed by atoms with van der Waals surface area (Å²) < 4.78 is 10.4. The van der Waals surface area contributed by atoms with E-state index in [4.69, 9.17) is 14.6 Å². The largest absolute Gasteiger partial charge is 0.481 e. The Kier molecular flexibility index (Phi) is 9.52. The molecule has 0 bridgehead atoms. The Morgan fingerprint density at radius 1 is 1.08 bits per heavy atom. The topological polar surface area (TPSA) is 102 Å². The normalized spacial score (nSPS) is 16.0. The number of rotatable bonds is 10. The second-order valence-corrected chi connectivity index (χ2v) is 7.58. The van der Waals surface area contributed by atoms with Gasteiger partial charge < -0.3 is 19.9 Å². The number of carboxylic acids is 1. The van der Waals surface area contributed by atoms with E-state index in [1.807, 2.05) is 13.8 Å². The molecule has 0 saturated carbocycles. The molecule has 2 N–H and O–H groups in total. The van der Waals surface area contributed by atoms with Crippen LogP contribution in [0, 0.1) is 17.8 Å². The van der Waals surface area contributed by atoms with Gasteiger partial charge in [0.15, 0.2) is 0 Å². The molecular formula is C18H33NO6. The number of amides is 1. The Balaban J connectivity index is 5.01. The second kappa shape index (κ2) is 10.3. The van der Waals surface area contributed by atoms with Crippen molar-refractivity contribution >= 4 is 18.0 Å². The van der Waals surface area contributed by atoms with Crippen molar-refractivity contribution in [2.24, 2.45) is 17.8 Å². The summed E-state index contributed by atoms with van der Waals surface area (Å²) in [4.78, 5) is 35.2. The SMILES string of the molecule is CC[C@H](C)C[C@](C)(CC(=O)O)NC(=O)O[C@H](OC(=O)C(C)C)C(C)C. The number of ether oxygens (including phenoxy) is 2. The Bertz CT molecular complexity index is 462. The molecule has 0 aliphatic carbocycles. The number of nitrogens with one attached hydrogen (secondary N) is 1. The molecule has 25 heavy (non-hydrogen) atoms. The zero-order chi connectivity index (χ0) is 19.8. The maximum atomic E-state index is 12.3. The van der Waals surface area contributed by atoms with Crippen LogP contribution in [0.2, 0.25) is 0 Å². The average molecular weight is 359 g/mol. The molecule has 0 saturated heterocycles. The van der Waals surface area contributed by atoms with E-state index in [0.29, 0.717) is 6.42 Å². The zero-order valence-corrected chi connectivity index (χ0v) is 16.4. The molecule has 0 aliphatic rings. The monoisotopic (exact) mass is 359 g/mol. The molecule has 146 valence electrons. The number of alkyl carbamates (subject to hydrolysis) is 1. The molecule has 0 spiro atoms. The first-order valence-electron chi connectivity index (χ1n) is 8.81. The third-order valence-corrected chi connectivity index (χ3v) is 3.91. The summed E-state index contributed by atoms with van der Waals surface area (Å²) in [5.41, 5.74) is -0.943. The lowest BCUT2D eigenvalue weighted by Gasteiger charge is -2.32. The molecule has 7 nitrogen and oxygen atoms in total. The fraction of sp³-hybridized carbons (Fsp3) is 0.833. The van der Waals surface area contributed by atoms with Crippen molar-refractivity contribution in [1.29, 1.82) is 0 Å². The molecule has 1 amide bonds. The number of carboxylic acid groups (broad SMARTS) is 1. The highest BCUT2D eigenvalue weighted by atomic mass is 16.7. The van der Waals surface area contributed by atoms with Crippen LogP contribution >= 0.6 is 0 Å². The molecule has 3 atom stereocenters. The fourth-order valence-electron chi connectivity index (χ4n) is 2.34. The summed E-state index contributed by atoms with van der Waals surface area (Å²) in [6, 6.07) is 0. The minimum atomic E-state index is -1.02. The molecule has 0 unspecified atom stereocenters. The van der Waals surface area contributed by atoms with Crippen LogP contribution < -0.4 is 5.32 Å². The van der Waals surface area contributed by atoms with Crippen molar-refractivity contribution in [1.82, 2.24) is 5.32 Å². The van der Waals surface area contributed by atoms with Crippen LogP contribution in [0.4, 0.5) is 4.79 Å². The summed E-state index contributed by atoms with van der Waals surface area (Å²) in [6.07, 6.45) is -0.657. The highest BCUT2D eigenvalue weighted by Gasteiger charge is 2.33. The number of esters is 1. The van der Waals surface area contributed by atoms with E-state index < -0.39 is 29.9 Å². The highest BCUT2D eigenvalue weighted by Crippen LogP contribution is 2.23. The van der Waals surface area contributed by atoms with Crippen LogP contribution in [-0.4, -0.2) is 35.0 Å². The summed E-state index contributed by atoms with van der Waals surface area (Å²) in [5, 5.41) is 11.8. The summed E-state index contributed by atoms with van der Waals surface area (Å²) in [7, 11) is 0. The molecule has 0 aromatic rings. The third kappa shape index (κ3) is 9.31. The molecule has 7 heteroatoms. The quantitative estimate of drug-likeness (QED) is 0.457. The number of carbonyl (C=O) groups is 3. The van der Waals surface area contributed by atoms with Crippen LogP contribution in [-0.2, 0) is 19.1 Å². The van der Waals surface area contributed by atoms with Gasteiger partial charge in [0.2, 0.25) is 0 Å². The van der Waals surface area contributed by atoms with Crippen molar-refractivity contribution in [2.75, 3.05) is 0 Å². The standard InChI is InChI=1S/C18H33NO6/c1-8-13(6)9-18(7,10-14(20)21)19-17(23)25-16(12(4)5)24-15(22)11(2)3/h11-13,16H,8-10H2,1-7H3,(H,19,23)(H,20,21)/t13-,16-,18+/m0/s1. The average Bonchev–Trinajstić information content (AvgIpc) is 2.44. The second-order valence-electron chi connectivity index (χ2n) is 7.58. The van der Waals surface area contributed by atoms with Crippen molar-refractivity contribution in [2.45, 2.75) is 79.6 Å². The fourth-order valence-corrected chi connectivity index (χ4v) is 2.34. The number of carbonyl (C=O) groups excluding carboxylic acids is 2. The van der Waals surface area contributed by atoms with Gasteiger partial charge in [-0.05, 0) is 19.3 Å². The van der Waals surface area contributed by atoms with Crippen LogP contribution in [0.3, 0.4) is 0 Å². The van der Waals surface area contributed by atoms with E-state index >= 15 is 0 Å². The van der Waals surface area contributed by atoms with E-state index in [9.17, 15) is 14.4 Å². The summed E-state index contributed by atoms with van der Waals surface area (Å²) in [5.74, 6) is -1.79. The smallest absolute Gasteiger partial charge is 0.410 e. The van der Waals surface area contributed by atoms with Crippen LogP contribution in [0.25, 0.3) is 0 Å². The summed E-state index contributed by atoms with van der Waals surface area (Å²) >= 11 is 0. The lowest BCUT2D eigenvalue weighted by molar-refractivity contribution is -0.178. The summed E-state index contributed by atoms with van der Waals surface area (Å²) in [6.45, 7) is 12.6. The first-order valence-corrected chi connectivity index (χ1v) is 8.81. The highest BCUT2D eigenvalue weighted by molar-refractivity contribution is 5.73. The van der Waals surface area contributed by atoms with Gasteiger partial charge in [-0.1, -0.05) is 48.0 Å². The predicted molar refractivity (Wildman–Crippen MR) is 93.9 cm³/mol. The van der Waals surface area contributed by atoms with Crippen molar-refractivity contribution in [3.63, 3.8) is 0 Å². The van der Waals surface area contributed by atoms with Crippen molar-refractivity contribution in [3.05, 3.63) is 0 Å². The first-order chi connectivity index (χ1) is 11.4. The minimum Gasteiger partial charge on any atom is -0.481 e. The predicted octanol–water partition coefficient (Wildman–Crippen LogP) is 3.56. The van der Waals surface area contributed by atoms with Crippen molar-refractivity contribution in [3.8, 4) is 0 Å². The maximum Gasteiger partial charge on any atom is 0.410 e. The maximum absolute atomic E-state index is 12.3. The lowest BCUT2D eigenvalue weighted by atomic mass is 9.86. The van der Waals surface area contributed by atoms with Crippen LogP contribution in [0.5, 0.6) is 0 Å². The molecule has 0 rings (SSSR count). The molecule has 0 radical (unpaired) electrons. The van der Waals surface area contributed by atoms with Crippen molar-refractivity contribution < 1.29 is 29.0 Å². The first kappa shape index (κ1) is 23.2. The van der Waals surface area contributed by atoms with Gasteiger partial charge in [-0.2, -0.15) is 0 Å².